The number of rotatable bonds is 1. The Kier molecular flexibility index (Phi) is 4.00. The summed E-state index contributed by atoms with van der Waals surface area (Å²) in [6.07, 6.45) is 10.7. The molecule has 136 valence electrons. The number of nitrogens with zero attached hydrogens (tertiary/aromatic N) is 4. The molecule has 25 heavy (non-hydrogen) atoms. The van der Waals surface area contributed by atoms with Crippen LogP contribution in [-0.4, -0.2) is 50.4 Å². The molecule has 0 unspecified atom stereocenters. The van der Waals surface area contributed by atoms with E-state index in [9.17, 15) is 5.11 Å². The number of ether oxygens (including phenoxy) is 1. The third kappa shape index (κ3) is 3.13. The van der Waals surface area contributed by atoms with Gasteiger partial charge in [-0.05, 0) is 18.3 Å². The zero-order valence-corrected chi connectivity index (χ0v) is 15.4. The van der Waals surface area contributed by atoms with Crippen molar-refractivity contribution in [2.75, 3.05) is 18.0 Å². The molecule has 1 N–H and O–H groups in total. The molecule has 0 aliphatic carbocycles. The first-order valence-corrected chi connectivity index (χ1v) is 9.24. The predicted molar refractivity (Wildman–Crippen MR) is 96.7 cm³/mol. The largest absolute Gasteiger partial charge is 0.393 e. The number of piperidine rings is 1. The van der Waals surface area contributed by atoms with Crippen LogP contribution in [0, 0.1) is 5.41 Å². The average Bonchev–Trinajstić information content (AvgIpc) is 3.03. The van der Waals surface area contributed by atoms with Crippen molar-refractivity contribution in [1.29, 1.82) is 0 Å². The third-order valence-corrected chi connectivity index (χ3v) is 5.75. The van der Waals surface area contributed by atoms with Crippen molar-refractivity contribution >= 4 is 11.5 Å². The highest BCUT2D eigenvalue weighted by atomic mass is 16.5. The van der Waals surface area contributed by atoms with Gasteiger partial charge in [-0.3, -0.25) is 9.38 Å². The average molecular weight is 344 g/mol. The molecule has 2 fully saturated rings. The molecule has 2 aliphatic heterocycles. The van der Waals surface area contributed by atoms with Crippen LogP contribution in [0.4, 0.5) is 5.82 Å². The van der Waals surface area contributed by atoms with Crippen LogP contribution in [0.3, 0.4) is 0 Å². The van der Waals surface area contributed by atoms with E-state index in [1.54, 1.807) is 12.4 Å². The van der Waals surface area contributed by atoms with Gasteiger partial charge in [0, 0.05) is 38.3 Å². The first kappa shape index (κ1) is 16.8. The molecule has 0 bridgehead atoms. The normalized spacial score (nSPS) is 27.1. The van der Waals surface area contributed by atoms with Crippen LogP contribution in [0.5, 0.6) is 0 Å². The van der Waals surface area contributed by atoms with Gasteiger partial charge >= 0.3 is 0 Å². The monoisotopic (exact) mass is 344 g/mol. The Labute approximate surface area is 148 Å². The number of imidazole rings is 1. The number of hydrogen-bond donors (Lipinski definition) is 1. The lowest BCUT2D eigenvalue weighted by atomic mass is 9.76. The second kappa shape index (κ2) is 5.95. The summed E-state index contributed by atoms with van der Waals surface area (Å²) in [5.74, 6) is 1.08. The molecule has 2 saturated heterocycles. The van der Waals surface area contributed by atoms with E-state index < -0.39 is 0 Å². The van der Waals surface area contributed by atoms with Crippen LogP contribution in [0.1, 0.15) is 46.5 Å². The van der Waals surface area contributed by atoms with E-state index >= 15 is 0 Å². The van der Waals surface area contributed by atoms with Gasteiger partial charge in [0.25, 0.3) is 0 Å². The molecule has 0 saturated carbocycles. The van der Waals surface area contributed by atoms with Crippen LogP contribution >= 0.6 is 0 Å². The highest BCUT2D eigenvalue weighted by Gasteiger charge is 2.46. The Morgan fingerprint density at radius 1 is 1.24 bits per heavy atom. The van der Waals surface area contributed by atoms with E-state index in [4.69, 9.17) is 4.74 Å². The number of aromatic nitrogens is 3. The van der Waals surface area contributed by atoms with Crippen LogP contribution in [0.2, 0.25) is 0 Å². The third-order valence-electron chi connectivity index (χ3n) is 5.75. The summed E-state index contributed by atoms with van der Waals surface area (Å²) in [5.41, 5.74) is 0.732. The molecule has 0 radical (unpaired) electrons. The van der Waals surface area contributed by atoms with Gasteiger partial charge in [-0.15, -0.1) is 0 Å². The van der Waals surface area contributed by atoms with Crippen molar-refractivity contribution in [3.05, 3.63) is 24.8 Å². The van der Waals surface area contributed by atoms with Crippen LogP contribution in [-0.2, 0) is 4.74 Å². The highest BCUT2D eigenvalue weighted by molar-refractivity contribution is 5.48. The zero-order chi connectivity index (χ0) is 17.7. The minimum Gasteiger partial charge on any atom is -0.393 e. The lowest BCUT2D eigenvalue weighted by molar-refractivity contribution is -0.199. The Hall–Kier alpha value is -1.66. The Morgan fingerprint density at radius 3 is 2.72 bits per heavy atom. The maximum atomic E-state index is 10.4. The van der Waals surface area contributed by atoms with Crippen molar-refractivity contribution in [3.8, 4) is 0 Å². The minimum atomic E-state index is -0.261. The summed E-state index contributed by atoms with van der Waals surface area (Å²) >= 11 is 0. The topological polar surface area (TPSA) is 62.9 Å². The zero-order valence-electron chi connectivity index (χ0n) is 15.4. The standard InChI is InChI=1S/C19H28N4O2/c1-18(2,3)15-10-14(24)11-19(25-15)4-7-22(8-5-19)17-13-20-12-16-21-6-9-23(16)17/h6,9,12-15,24H,4-5,7-8,10-11H2,1-3H3/t14-,15-/m1/s1. The molecule has 2 atom stereocenters. The number of fused-ring (bicyclic) bond motifs is 1. The summed E-state index contributed by atoms with van der Waals surface area (Å²) in [7, 11) is 0. The summed E-state index contributed by atoms with van der Waals surface area (Å²) in [6, 6.07) is 0. The molecule has 1 spiro atoms. The SMILES string of the molecule is CC(C)(C)[C@H]1C[C@@H](O)CC2(CCN(c3cncc4nccn34)CC2)O1. The fourth-order valence-corrected chi connectivity index (χ4v) is 4.22. The van der Waals surface area contributed by atoms with Gasteiger partial charge in [0.05, 0.1) is 30.2 Å². The van der Waals surface area contributed by atoms with Gasteiger partial charge in [0.1, 0.15) is 5.82 Å². The number of aliphatic hydroxyl groups is 1. The number of hydrogen-bond acceptors (Lipinski definition) is 5. The molecule has 4 heterocycles. The Morgan fingerprint density at radius 2 is 2.00 bits per heavy atom. The summed E-state index contributed by atoms with van der Waals surface area (Å²) in [6.45, 7) is 8.41. The first-order chi connectivity index (χ1) is 11.9. The molecule has 6 nitrogen and oxygen atoms in total. The molecule has 6 heteroatoms. The van der Waals surface area contributed by atoms with Crippen molar-refractivity contribution in [3.63, 3.8) is 0 Å². The smallest absolute Gasteiger partial charge is 0.156 e. The van der Waals surface area contributed by atoms with Crippen molar-refractivity contribution < 1.29 is 9.84 Å². The van der Waals surface area contributed by atoms with Crippen molar-refractivity contribution in [2.24, 2.45) is 5.41 Å². The van der Waals surface area contributed by atoms with E-state index in [-0.39, 0.29) is 23.2 Å². The molecule has 2 aliphatic rings. The van der Waals surface area contributed by atoms with E-state index in [0.29, 0.717) is 0 Å². The predicted octanol–water partition coefficient (Wildman–Crippen LogP) is 2.65. The van der Waals surface area contributed by atoms with Gasteiger partial charge in [0.2, 0.25) is 0 Å². The summed E-state index contributed by atoms with van der Waals surface area (Å²) in [4.78, 5) is 11.0. The lowest BCUT2D eigenvalue weighted by Gasteiger charge is -2.51. The van der Waals surface area contributed by atoms with Crippen LogP contribution in [0.25, 0.3) is 5.65 Å². The lowest BCUT2D eigenvalue weighted by Crippen LogP contribution is -2.55. The second-order valence-corrected chi connectivity index (χ2v) is 8.66. The molecule has 0 amide bonds. The van der Waals surface area contributed by atoms with Gasteiger partial charge in [-0.1, -0.05) is 20.8 Å². The molecular weight excluding hydrogens is 316 g/mol. The first-order valence-electron chi connectivity index (χ1n) is 9.24. The fraction of sp³-hybridized carbons (Fsp3) is 0.684. The molecular formula is C19H28N4O2. The maximum Gasteiger partial charge on any atom is 0.156 e. The van der Waals surface area contributed by atoms with Crippen molar-refractivity contribution in [1.82, 2.24) is 14.4 Å². The van der Waals surface area contributed by atoms with Crippen LogP contribution < -0.4 is 4.90 Å². The van der Waals surface area contributed by atoms with Gasteiger partial charge in [-0.2, -0.15) is 0 Å². The van der Waals surface area contributed by atoms with E-state index in [1.165, 1.54) is 0 Å². The van der Waals surface area contributed by atoms with E-state index in [2.05, 4.69) is 40.0 Å². The second-order valence-electron chi connectivity index (χ2n) is 8.66. The van der Waals surface area contributed by atoms with Gasteiger partial charge < -0.3 is 14.7 Å². The number of anilines is 1. The van der Waals surface area contributed by atoms with E-state index in [0.717, 1.165) is 50.2 Å². The molecule has 4 rings (SSSR count). The quantitative estimate of drug-likeness (QED) is 0.862. The summed E-state index contributed by atoms with van der Waals surface area (Å²) in [5, 5.41) is 10.4. The Bertz CT molecular complexity index is 743. The highest BCUT2D eigenvalue weighted by Crippen LogP contribution is 2.42. The van der Waals surface area contributed by atoms with E-state index in [1.807, 2.05) is 12.4 Å². The van der Waals surface area contributed by atoms with Crippen molar-refractivity contribution in [2.45, 2.75) is 64.3 Å². The van der Waals surface area contributed by atoms with Gasteiger partial charge in [-0.25, -0.2) is 4.98 Å². The Balaban J connectivity index is 1.52. The fourth-order valence-electron chi connectivity index (χ4n) is 4.22. The maximum absolute atomic E-state index is 10.4. The summed E-state index contributed by atoms with van der Waals surface area (Å²) < 4.78 is 8.67. The van der Waals surface area contributed by atoms with Gasteiger partial charge in [0.15, 0.2) is 5.65 Å². The molecule has 2 aromatic heterocycles. The molecule has 2 aromatic rings. The number of aliphatic hydroxyl groups excluding tert-OH is 1. The van der Waals surface area contributed by atoms with Crippen LogP contribution in [0.15, 0.2) is 24.8 Å². The minimum absolute atomic E-state index is 0.0534. The molecule has 0 aromatic carbocycles.